The van der Waals surface area contributed by atoms with Gasteiger partial charge in [-0.05, 0) is 19.4 Å². The SMILES string of the molecule is C=CC(C)NC(=O)c1c(OCc2ccccc2)c(=O)c(C(=O)NCc2c(F)cc(F)cc2F)cn1N[C@H](C)C=C. The van der Waals surface area contributed by atoms with Crippen molar-refractivity contribution in [3.05, 3.63) is 124 Å². The summed E-state index contributed by atoms with van der Waals surface area (Å²) in [5, 5.41) is 4.95. The minimum Gasteiger partial charge on any atom is -0.482 e. The first-order valence-corrected chi connectivity index (χ1v) is 12.3. The minimum absolute atomic E-state index is 0.110. The highest BCUT2D eigenvalue weighted by Crippen LogP contribution is 2.19. The van der Waals surface area contributed by atoms with E-state index in [1.165, 1.54) is 12.2 Å². The van der Waals surface area contributed by atoms with Crippen LogP contribution in [0.3, 0.4) is 0 Å². The van der Waals surface area contributed by atoms with Crippen LogP contribution in [0, 0.1) is 17.5 Å². The third-order valence-corrected chi connectivity index (χ3v) is 5.79. The Bertz CT molecular complexity index is 1450. The van der Waals surface area contributed by atoms with Crippen LogP contribution >= 0.6 is 0 Å². The Morgan fingerprint density at radius 1 is 1.00 bits per heavy atom. The van der Waals surface area contributed by atoms with E-state index in [1.54, 1.807) is 44.2 Å². The average Bonchev–Trinajstić information content (AvgIpc) is 2.92. The molecular formula is C29H29F3N4O4. The number of aromatic nitrogens is 1. The summed E-state index contributed by atoms with van der Waals surface area (Å²) in [6, 6.07) is 8.87. The van der Waals surface area contributed by atoms with E-state index in [-0.39, 0.29) is 12.3 Å². The summed E-state index contributed by atoms with van der Waals surface area (Å²) < 4.78 is 48.5. The molecule has 8 nitrogen and oxygen atoms in total. The summed E-state index contributed by atoms with van der Waals surface area (Å²) in [6.45, 7) is 9.93. The van der Waals surface area contributed by atoms with Crippen molar-refractivity contribution < 1.29 is 27.5 Å². The van der Waals surface area contributed by atoms with Gasteiger partial charge in [-0.25, -0.2) is 13.2 Å². The second-order valence-corrected chi connectivity index (χ2v) is 8.88. The lowest BCUT2D eigenvalue weighted by Crippen LogP contribution is -2.40. The number of carbonyl (C=O) groups excluding carboxylic acids is 2. The number of nitrogens with one attached hydrogen (secondary N) is 3. The van der Waals surface area contributed by atoms with E-state index in [1.807, 2.05) is 0 Å². The number of rotatable bonds is 12. The van der Waals surface area contributed by atoms with E-state index in [4.69, 9.17) is 4.74 Å². The van der Waals surface area contributed by atoms with Crippen LogP contribution in [0.2, 0.25) is 0 Å². The molecule has 0 fully saturated rings. The predicted octanol–water partition coefficient (Wildman–Crippen LogP) is 4.20. The molecule has 3 aromatic rings. The molecule has 3 N–H and O–H groups in total. The van der Waals surface area contributed by atoms with E-state index in [2.05, 4.69) is 29.2 Å². The quantitative estimate of drug-likeness (QED) is 0.292. The molecule has 2 atom stereocenters. The molecule has 1 aromatic heterocycles. The Kier molecular flexibility index (Phi) is 9.91. The van der Waals surface area contributed by atoms with Crippen LogP contribution in [0.1, 0.15) is 45.8 Å². The molecule has 2 amide bonds. The maximum absolute atomic E-state index is 14.1. The number of ether oxygens (including phenoxy) is 1. The molecule has 40 heavy (non-hydrogen) atoms. The van der Waals surface area contributed by atoms with Crippen LogP contribution in [0.25, 0.3) is 0 Å². The number of halogens is 3. The van der Waals surface area contributed by atoms with E-state index in [0.717, 1.165) is 10.9 Å². The van der Waals surface area contributed by atoms with E-state index in [9.17, 15) is 27.6 Å². The molecule has 1 heterocycles. The summed E-state index contributed by atoms with van der Waals surface area (Å²) in [5.41, 5.74) is 1.39. The van der Waals surface area contributed by atoms with Gasteiger partial charge in [0.1, 0.15) is 29.6 Å². The number of carbonyl (C=O) groups is 2. The van der Waals surface area contributed by atoms with Gasteiger partial charge in [-0.1, -0.05) is 42.5 Å². The zero-order valence-corrected chi connectivity index (χ0v) is 22.0. The highest BCUT2D eigenvalue weighted by Gasteiger charge is 2.27. The van der Waals surface area contributed by atoms with Crippen molar-refractivity contribution in [1.82, 2.24) is 15.3 Å². The Morgan fingerprint density at radius 2 is 1.62 bits per heavy atom. The molecule has 3 rings (SSSR count). The normalized spacial score (nSPS) is 12.1. The first-order chi connectivity index (χ1) is 19.0. The van der Waals surface area contributed by atoms with Gasteiger partial charge in [-0.2, -0.15) is 0 Å². The summed E-state index contributed by atoms with van der Waals surface area (Å²) in [4.78, 5) is 40.0. The summed E-state index contributed by atoms with van der Waals surface area (Å²) in [7, 11) is 0. The minimum atomic E-state index is -1.20. The maximum Gasteiger partial charge on any atom is 0.274 e. The van der Waals surface area contributed by atoms with Crippen molar-refractivity contribution in [3.63, 3.8) is 0 Å². The number of nitrogens with zero attached hydrogens (tertiary/aromatic N) is 1. The van der Waals surface area contributed by atoms with Gasteiger partial charge in [0.2, 0.25) is 5.43 Å². The van der Waals surface area contributed by atoms with Gasteiger partial charge in [-0.15, -0.1) is 13.2 Å². The van der Waals surface area contributed by atoms with Crippen molar-refractivity contribution in [3.8, 4) is 5.75 Å². The van der Waals surface area contributed by atoms with Crippen LogP contribution in [-0.2, 0) is 13.2 Å². The third-order valence-electron chi connectivity index (χ3n) is 5.79. The number of pyridine rings is 1. The zero-order chi connectivity index (χ0) is 29.4. The first kappa shape index (κ1) is 29.8. The van der Waals surface area contributed by atoms with Gasteiger partial charge in [-0.3, -0.25) is 19.1 Å². The van der Waals surface area contributed by atoms with Crippen molar-refractivity contribution in [2.24, 2.45) is 0 Å². The van der Waals surface area contributed by atoms with E-state index < -0.39 is 70.2 Å². The Labute approximate surface area is 229 Å². The molecular weight excluding hydrogens is 525 g/mol. The number of hydrogen-bond acceptors (Lipinski definition) is 5. The second-order valence-electron chi connectivity index (χ2n) is 8.88. The molecule has 0 aliphatic heterocycles. The van der Waals surface area contributed by atoms with Crippen LogP contribution in [-0.4, -0.2) is 28.6 Å². The molecule has 0 radical (unpaired) electrons. The lowest BCUT2D eigenvalue weighted by Gasteiger charge is -2.23. The van der Waals surface area contributed by atoms with Gasteiger partial charge < -0.3 is 20.8 Å². The van der Waals surface area contributed by atoms with Gasteiger partial charge in [0, 0.05) is 36.5 Å². The van der Waals surface area contributed by atoms with Crippen LogP contribution < -0.4 is 26.2 Å². The largest absolute Gasteiger partial charge is 0.482 e. The molecule has 2 aromatic carbocycles. The van der Waals surface area contributed by atoms with Gasteiger partial charge in [0.05, 0.1) is 6.04 Å². The molecule has 1 unspecified atom stereocenters. The summed E-state index contributed by atoms with van der Waals surface area (Å²) >= 11 is 0. The first-order valence-electron chi connectivity index (χ1n) is 12.3. The molecule has 0 spiro atoms. The van der Waals surface area contributed by atoms with Crippen molar-refractivity contribution >= 4 is 11.8 Å². The average molecular weight is 555 g/mol. The summed E-state index contributed by atoms with van der Waals surface area (Å²) in [6.07, 6.45) is 4.09. The molecule has 11 heteroatoms. The smallest absolute Gasteiger partial charge is 0.274 e. The van der Waals surface area contributed by atoms with Gasteiger partial charge in [0.25, 0.3) is 11.8 Å². The molecule has 210 valence electrons. The maximum atomic E-state index is 14.1. The van der Waals surface area contributed by atoms with Crippen molar-refractivity contribution in [1.29, 1.82) is 0 Å². The van der Waals surface area contributed by atoms with Crippen LogP contribution in [0.4, 0.5) is 13.2 Å². The molecule has 0 bridgehead atoms. The zero-order valence-electron chi connectivity index (χ0n) is 22.0. The fraction of sp³-hybridized carbons (Fsp3) is 0.207. The molecule has 0 aliphatic carbocycles. The number of amides is 2. The van der Waals surface area contributed by atoms with Crippen LogP contribution in [0.15, 0.2) is 78.8 Å². The standard InChI is InChI=1S/C29H29F3N4O4/c1-5-17(3)34-29(39)25-27(40-16-19-10-8-7-9-11-19)26(37)22(15-36(25)35-18(4)6-2)28(38)33-14-21-23(31)12-20(30)13-24(21)32/h5-13,15,17-18,35H,1-2,14,16H2,3-4H3,(H,33,38)(H,34,39)/t17?,18-/m1/s1. The topological polar surface area (TPSA) is 101 Å². The second kappa shape index (κ2) is 13.3. The van der Waals surface area contributed by atoms with Crippen molar-refractivity contribution in [2.45, 2.75) is 39.1 Å². The van der Waals surface area contributed by atoms with E-state index >= 15 is 0 Å². The van der Waals surface area contributed by atoms with Gasteiger partial charge in [0.15, 0.2) is 11.4 Å². The fourth-order valence-electron chi connectivity index (χ4n) is 3.54. The lowest BCUT2D eigenvalue weighted by atomic mass is 10.1. The predicted molar refractivity (Wildman–Crippen MR) is 145 cm³/mol. The summed E-state index contributed by atoms with van der Waals surface area (Å²) in [5.74, 6) is -5.66. The van der Waals surface area contributed by atoms with Gasteiger partial charge >= 0.3 is 0 Å². The van der Waals surface area contributed by atoms with E-state index in [0.29, 0.717) is 17.7 Å². The molecule has 0 aliphatic rings. The Morgan fingerprint density at radius 3 is 2.23 bits per heavy atom. The number of hydrogen-bond donors (Lipinski definition) is 3. The monoisotopic (exact) mass is 554 g/mol. The molecule has 0 saturated heterocycles. The number of benzene rings is 2. The fourth-order valence-corrected chi connectivity index (χ4v) is 3.54. The Hall–Kier alpha value is -4.80. The Balaban J connectivity index is 2.10. The van der Waals surface area contributed by atoms with Crippen LogP contribution in [0.5, 0.6) is 5.75 Å². The molecule has 0 saturated carbocycles. The third kappa shape index (κ3) is 7.19. The highest BCUT2D eigenvalue weighted by atomic mass is 19.1. The van der Waals surface area contributed by atoms with Crippen molar-refractivity contribution in [2.75, 3.05) is 5.43 Å². The lowest BCUT2D eigenvalue weighted by molar-refractivity contribution is 0.0921. The highest BCUT2D eigenvalue weighted by molar-refractivity contribution is 5.99.